The molecule has 2 aromatic rings. The van der Waals surface area contributed by atoms with Crippen molar-refractivity contribution in [3.05, 3.63) is 57.0 Å². The number of nitrogens with two attached hydrogens (primary N) is 1. The van der Waals surface area contributed by atoms with E-state index in [1.165, 1.54) is 30.3 Å². The number of halogens is 2. The first-order valence-corrected chi connectivity index (χ1v) is 9.90. The van der Waals surface area contributed by atoms with Crippen molar-refractivity contribution in [3.8, 4) is 0 Å². The Labute approximate surface area is 161 Å². The number of benzene rings is 2. The molecule has 0 aromatic heterocycles. The van der Waals surface area contributed by atoms with Gasteiger partial charge in [0.15, 0.2) is 0 Å². The lowest BCUT2D eigenvalue weighted by Gasteiger charge is -2.11. The fourth-order valence-corrected chi connectivity index (χ4v) is 4.44. The minimum Gasteiger partial charge on any atom is -0.368 e. The van der Waals surface area contributed by atoms with Crippen LogP contribution in [0.25, 0.3) is 0 Å². The molecule has 2 rings (SSSR count). The Morgan fingerprint density at radius 3 is 2.48 bits per heavy atom. The molecule has 25 heavy (non-hydrogen) atoms. The smallest absolute Gasteiger partial charge is 0.263 e. The summed E-state index contributed by atoms with van der Waals surface area (Å²) >= 11 is 6.43. The van der Waals surface area contributed by atoms with Crippen LogP contribution in [0.15, 0.2) is 56.3 Å². The molecule has 0 aliphatic rings. The van der Waals surface area contributed by atoms with Crippen molar-refractivity contribution >= 4 is 59.4 Å². The second-order valence-corrected chi connectivity index (χ2v) is 8.33. The van der Waals surface area contributed by atoms with E-state index >= 15 is 0 Å². The van der Waals surface area contributed by atoms with Gasteiger partial charge in [-0.2, -0.15) is 0 Å². The van der Waals surface area contributed by atoms with Crippen LogP contribution in [0.4, 0.5) is 5.69 Å². The Morgan fingerprint density at radius 1 is 1.08 bits per heavy atom. The standard InChI is InChI=1S/C15H13Br2N3O4S/c16-10-4-5-12(17)13(7-10)25(23,24)20-11-3-1-2-9(6-11)15(22)19-8-14(18)21/h1-7,20H,8H2,(H2,18,21)(H,19,22). The monoisotopic (exact) mass is 489 g/mol. The van der Waals surface area contributed by atoms with Gasteiger partial charge in [0.2, 0.25) is 5.91 Å². The second kappa shape index (κ2) is 7.98. The summed E-state index contributed by atoms with van der Waals surface area (Å²) < 4.78 is 28.5. The number of carbonyl (C=O) groups excluding carboxylic acids is 2. The first kappa shape index (κ1) is 19.4. The molecule has 132 valence electrons. The van der Waals surface area contributed by atoms with Crippen LogP contribution in [0.5, 0.6) is 0 Å². The highest BCUT2D eigenvalue weighted by Gasteiger charge is 2.19. The van der Waals surface area contributed by atoms with Crippen LogP contribution in [-0.2, 0) is 14.8 Å². The van der Waals surface area contributed by atoms with Crippen LogP contribution < -0.4 is 15.8 Å². The van der Waals surface area contributed by atoms with Crippen molar-refractivity contribution in [2.75, 3.05) is 11.3 Å². The molecule has 0 spiro atoms. The highest BCUT2D eigenvalue weighted by molar-refractivity contribution is 9.11. The second-order valence-electron chi connectivity index (χ2n) is 4.91. The average Bonchev–Trinajstić information content (AvgIpc) is 2.54. The summed E-state index contributed by atoms with van der Waals surface area (Å²) in [5.74, 6) is -1.21. The molecule has 2 aromatic carbocycles. The van der Waals surface area contributed by atoms with Crippen molar-refractivity contribution in [2.24, 2.45) is 5.73 Å². The first-order chi connectivity index (χ1) is 11.7. The third kappa shape index (κ3) is 5.28. The Hall–Kier alpha value is -1.91. The summed E-state index contributed by atoms with van der Waals surface area (Å²) in [6.07, 6.45) is 0. The van der Waals surface area contributed by atoms with E-state index in [0.29, 0.717) is 8.95 Å². The highest BCUT2D eigenvalue weighted by atomic mass is 79.9. The maximum Gasteiger partial charge on any atom is 0.263 e. The maximum atomic E-state index is 12.5. The van der Waals surface area contributed by atoms with Gasteiger partial charge in [-0.05, 0) is 52.3 Å². The number of nitrogens with one attached hydrogen (secondary N) is 2. The number of carbonyl (C=O) groups is 2. The molecule has 0 heterocycles. The highest BCUT2D eigenvalue weighted by Crippen LogP contribution is 2.27. The number of rotatable bonds is 6. The summed E-state index contributed by atoms with van der Waals surface area (Å²) in [7, 11) is -3.87. The van der Waals surface area contributed by atoms with Crippen LogP contribution in [0, 0.1) is 0 Å². The van der Waals surface area contributed by atoms with E-state index < -0.39 is 21.8 Å². The van der Waals surface area contributed by atoms with E-state index in [0.717, 1.165) is 0 Å². The van der Waals surface area contributed by atoms with Gasteiger partial charge in [-0.1, -0.05) is 22.0 Å². The summed E-state index contributed by atoms with van der Waals surface area (Å²) in [4.78, 5) is 22.7. The van der Waals surface area contributed by atoms with Crippen molar-refractivity contribution in [3.63, 3.8) is 0 Å². The number of amides is 2. The molecule has 0 aliphatic heterocycles. The quantitative estimate of drug-likeness (QED) is 0.575. The van der Waals surface area contributed by atoms with Crippen LogP contribution in [0.3, 0.4) is 0 Å². The number of sulfonamides is 1. The fraction of sp³-hybridized carbons (Fsp3) is 0.0667. The predicted molar refractivity (Wildman–Crippen MR) is 101 cm³/mol. The summed E-state index contributed by atoms with van der Waals surface area (Å²) in [5.41, 5.74) is 5.37. The number of hydrogen-bond acceptors (Lipinski definition) is 4. The van der Waals surface area contributed by atoms with Crippen LogP contribution in [0.2, 0.25) is 0 Å². The lowest BCUT2D eigenvalue weighted by atomic mass is 10.2. The van der Waals surface area contributed by atoms with E-state index in [2.05, 4.69) is 41.9 Å². The minimum atomic E-state index is -3.87. The number of hydrogen-bond donors (Lipinski definition) is 3. The zero-order valence-corrected chi connectivity index (χ0v) is 16.6. The number of primary amides is 1. The predicted octanol–water partition coefficient (Wildman–Crippen LogP) is 2.23. The molecular weight excluding hydrogens is 478 g/mol. The SMILES string of the molecule is NC(=O)CNC(=O)c1cccc(NS(=O)(=O)c2cc(Br)ccc2Br)c1. The molecule has 0 aliphatic carbocycles. The largest absolute Gasteiger partial charge is 0.368 e. The minimum absolute atomic E-state index is 0.0467. The van der Waals surface area contributed by atoms with E-state index in [1.54, 1.807) is 12.1 Å². The van der Waals surface area contributed by atoms with Crippen molar-refractivity contribution in [1.82, 2.24) is 5.32 Å². The Morgan fingerprint density at radius 2 is 1.80 bits per heavy atom. The molecule has 0 saturated heterocycles. The van der Waals surface area contributed by atoms with Gasteiger partial charge in [0, 0.05) is 20.2 Å². The lowest BCUT2D eigenvalue weighted by Crippen LogP contribution is -2.33. The van der Waals surface area contributed by atoms with Gasteiger partial charge in [-0.25, -0.2) is 8.42 Å². The topological polar surface area (TPSA) is 118 Å². The van der Waals surface area contributed by atoms with Crippen LogP contribution >= 0.6 is 31.9 Å². The van der Waals surface area contributed by atoms with Gasteiger partial charge >= 0.3 is 0 Å². The van der Waals surface area contributed by atoms with Gasteiger partial charge in [-0.15, -0.1) is 0 Å². The van der Waals surface area contributed by atoms with Crippen molar-refractivity contribution in [2.45, 2.75) is 4.90 Å². The molecule has 10 heteroatoms. The molecule has 4 N–H and O–H groups in total. The first-order valence-electron chi connectivity index (χ1n) is 6.83. The molecule has 0 bridgehead atoms. The number of anilines is 1. The molecular formula is C15H13Br2N3O4S. The average molecular weight is 491 g/mol. The fourth-order valence-electron chi connectivity index (χ4n) is 1.89. The molecule has 0 unspecified atom stereocenters. The van der Waals surface area contributed by atoms with Crippen molar-refractivity contribution in [1.29, 1.82) is 0 Å². The van der Waals surface area contributed by atoms with E-state index in [1.807, 2.05) is 0 Å². The lowest BCUT2D eigenvalue weighted by molar-refractivity contribution is -0.117. The van der Waals surface area contributed by atoms with Gasteiger partial charge in [0.1, 0.15) is 4.90 Å². The third-order valence-corrected chi connectivity index (χ3v) is 5.85. The molecule has 0 saturated carbocycles. The third-order valence-electron chi connectivity index (χ3n) is 2.98. The summed E-state index contributed by atoms with van der Waals surface area (Å²) in [6.45, 7) is -0.306. The van der Waals surface area contributed by atoms with E-state index in [9.17, 15) is 18.0 Å². The van der Waals surface area contributed by atoms with Crippen LogP contribution in [-0.4, -0.2) is 26.8 Å². The van der Waals surface area contributed by atoms with Gasteiger partial charge in [0.25, 0.3) is 15.9 Å². The molecule has 7 nitrogen and oxygen atoms in total. The Bertz CT molecular complexity index is 932. The molecule has 0 radical (unpaired) electrons. The zero-order chi connectivity index (χ0) is 18.6. The van der Waals surface area contributed by atoms with Gasteiger partial charge in [-0.3, -0.25) is 14.3 Å². The Kier molecular flexibility index (Phi) is 6.20. The van der Waals surface area contributed by atoms with Crippen LogP contribution in [0.1, 0.15) is 10.4 Å². The van der Waals surface area contributed by atoms with Gasteiger partial charge in [0.05, 0.1) is 6.54 Å². The molecule has 0 atom stereocenters. The molecule has 0 fully saturated rings. The van der Waals surface area contributed by atoms with Gasteiger partial charge < -0.3 is 11.1 Å². The summed E-state index contributed by atoms with van der Waals surface area (Å²) in [6, 6.07) is 10.6. The Balaban J connectivity index is 2.25. The molecule has 2 amide bonds. The summed E-state index contributed by atoms with van der Waals surface area (Å²) in [5, 5.41) is 2.33. The zero-order valence-electron chi connectivity index (χ0n) is 12.6. The maximum absolute atomic E-state index is 12.5. The van der Waals surface area contributed by atoms with Crippen molar-refractivity contribution < 1.29 is 18.0 Å². The van der Waals surface area contributed by atoms with E-state index in [-0.39, 0.29) is 22.7 Å². The van der Waals surface area contributed by atoms with E-state index in [4.69, 9.17) is 5.73 Å². The normalized spacial score (nSPS) is 11.0.